The topological polar surface area (TPSA) is 92.6 Å². The van der Waals surface area contributed by atoms with E-state index < -0.39 is 23.5 Å². The van der Waals surface area contributed by atoms with Crippen molar-refractivity contribution in [2.45, 2.75) is 13.0 Å². The summed E-state index contributed by atoms with van der Waals surface area (Å²) in [6.07, 6.45) is 1.63. The van der Waals surface area contributed by atoms with Gasteiger partial charge in [0.05, 0.1) is 39.0 Å². The number of carbonyl (C=O) groups is 2. The molecule has 36 heavy (non-hydrogen) atoms. The predicted molar refractivity (Wildman–Crippen MR) is 133 cm³/mol. The number of hydrogen-bond acceptors (Lipinski definition) is 6. The average Bonchev–Trinajstić information content (AvgIpc) is 3.17. The molecule has 1 amide bonds. The monoisotopic (exact) mass is 492 g/mol. The Balaban J connectivity index is 1.68. The number of Topliss-reactive ketones (excluding diaryl/α,β-unsaturated/α-hetero) is 1. The molecule has 2 aromatic carbocycles. The van der Waals surface area contributed by atoms with E-state index in [9.17, 15) is 14.7 Å². The quantitative estimate of drug-likeness (QED) is 0.228. The van der Waals surface area contributed by atoms with Crippen molar-refractivity contribution in [3.8, 4) is 11.5 Å². The summed E-state index contributed by atoms with van der Waals surface area (Å²) < 4.78 is 16.5. The maximum atomic E-state index is 13.6. The lowest BCUT2D eigenvalue weighted by atomic mass is 9.95. The van der Waals surface area contributed by atoms with Crippen LogP contribution < -0.4 is 19.5 Å². The molecular formula is C28H32N2O6. The van der Waals surface area contributed by atoms with E-state index in [0.717, 1.165) is 13.1 Å². The number of nitrogens with one attached hydrogen (secondary N) is 1. The molecule has 8 heteroatoms. The van der Waals surface area contributed by atoms with Crippen LogP contribution in [-0.4, -0.2) is 69.2 Å². The lowest BCUT2D eigenvalue weighted by Gasteiger charge is -2.30. The summed E-state index contributed by atoms with van der Waals surface area (Å²) in [4.78, 5) is 29.2. The minimum absolute atomic E-state index is 0.0269. The van der Waals surface area contributed by atoms with E-state index in [1.807, 2.05) is 19.1 Å². The lowest BCUT2D eigenvalue weighted by molar-refractivity contribution is -0.907. The van der Waals surface area contributed by atoms with Gasteiger partial charge in [-0.1, -0.05) is 42.7 Å². The van der Waals surface area contributed by atoms with Gasteiger partial charge in [-0.25, -0.2) is 0 Å². The van der Waals surface area contributed by atoms with Crippen LogP contribution in [0.4, 0.5) is 0 Å². The van der Waals surface area contributed by atoms with Gasteiger partial charge in [-0.3, -0.25) is 9.59 Å². The Hall–Kier alpha value is -3.62. The fourth-order valence-electron chi connectivity index (χ4n) is 4.56. The van der Waals surface area contributed by atoms with Crippen molar-refractivity contribution >= 4 is 17.4 Å². The highest BCUT2D eigenvalue weighted by molar-refractivity contribution is 6.46. The molecule has 0 aromatic heterocycles. The molecule has 0 aliphatic carbocycles. The molecule has 0 spiro atoms. The summed E-state index contributed by atoms with van der Waals surface area (Å²) in [5, 5.41) is 13.6. The second-order valence-electron chi connectivity index (χ2n) is 8.71. The maximum Gasteiger partial charge on any atom is 0.295 e. The summed E-state index contributed by atoms with van der Waals surface area (Å²) in [5.74, 6) is -0.574. The van der Waals surface area contributed by atoms with Crippen LogP contribution in [0.2, 0.25) is 0 Å². The van der Waals surface area contributed by atoms with E-state index in [4.69, 9.17) is 14.2 Å². The van der Waals surface area contributed by atoms with Crippen molar-refractivity contribution in [3.05, 3.63) is 77.9 Å². The number of ether oxygens (including phenoxy) is 3. The largest absolute Gasteiger partial charge is 0.872 e. The molecule has 2 saturated heterocycles. The van der Waals surface area contributed by atoms with Crippen LogP contribution in [-0.2, 0) is 14.3 Å². The number of rotatable bonds is 10. The van der Waals surface area contributed by atoms with Crippen LogP contribution in [0.3, 0.4) is 0 Å². The molecule has 0 saturated carbocycles. The van der Waals surface area contributed by atoms with Gasteiger partial charge in [-0.05, 0) is 42.3 Å². The van der Waals surface area contributed by atoms with Crippen molar-refractivity contribution in [2.75, 3.05) is 52.6 Å². The van der Waals surface area contributed by atoms with Gasteiger partial charge in [0, 0.05) is 5.57 Å². The van der Waals surface area contributed by atoms with Crippen LogP contribution >= 0.6 is 0 Å². The first-order valence-corrected chi connectivity index (χ1v) is 12.3. The fourth-order valence-corrected chi connectivity index (χ4v) is 4.56. The van der Waals surface area contributed by atoms with Crippen LogP contribution in [0.5, 0.6) is 11.5 Å². The highest BCUT2D eigenvalue weighted by atomic mass is 16.5. The molecule has 1 N–H and O–H groups in total. The first-order valence-electron chi connectivity index (χ1n) is 12.3. The third-order valence-electron chi connectivity index (χ3n) is 6.43. The van der Waals surface area contributed by atoms with Crippen molar-refractivity contribution in [1.82, 2.24) is 4.90 Å². The first-order chi connectivity index (χ1) is 17.5. The standard InChI is InChI=1S/C28H32N2O6/c1-3-17-36-23-11-7-21(8-12-23)26(31)24-25(20-5-9-22(10-6-20)35-4-2)30(28(33)27(24)32)14-13-29-15-18-34-19-16-29/h3,5-12,25,31H,1,4,13-19H2,2H3/b26-24+. The Bertz CT molecular complexity index is 1100. The van der Waals surface area contributed by atoms with Crippen molar-refractivity contribution in [3.63, 3.8) is 0 Å². The van der Waals surface area contributed by atoms with Gasteiger partial charge in [-0.15, -0.1) is 0 Å². The average molecular weight is 493 g/mol. The fraction of sp³-hybridized carbons (Fsp3) is 0.357. The zero-order valence-electron chi connectivity index (χ0n) is 20.5. The SMILES string of the molecule is C=CCOc1ccc(/C([O-])=C2\C(=O)C(=O)N(CC[NH+]3CCOCC3)C2c2ccc(OCC)cc2)cc1. The molecule has 8 nitrogen and oxygen atoms in total. The van der Waals surface area contributed by atoms with Crippen LogP contribution in [0.25, 0.3) is 5.76 Å². The number of amides is 1. The minimum Gasteiger partial charge on any atom is -0.872 e. The number of hydrogen-bond donors (Lipinski definition) is 1. The molecule has 1 unspecified atom stereocenters. The van der Waals surface area contributed by atoms with E-state index in [2.05, 4.69) is 6.58 Å². The second kappa shape index (κ2) is 11.9. The summed E-state index contributed by atoms with van der Waals surface area (Å²) in [6.45, 7) is 10.5. The van der Waals surface area contributed by atoms with E-state index in [-0.39, 0.29) is 5.57 Å². The highest BCUT2D eigenvalue weighted by Gasteiger charge is 2.44. The minimum atomic E-state index is -0.759. The Morgan fingerprint density at radius 1 is 1.08 bits per heavy atom. The zero-order chi connectivity index (χ0) is 25.5. The molecule has 0 bridgehead atoms. The smallest absolute Gasteiger partial charge is 0.295 e. The molecular weight excluding hydrogens is 460 g/mol. The Kier molecular flexibility index (Phi) is 8.40. The molecule has 2 aliphatic rings. The van der Waals surface area contributed by atoms with Crippen LogP contribution in [0.1, 0.15) is 24.1 Å². The molecule has 190 valence electrons. The normalized spacial score (nSPS) is 19.9. The van der Waals surface area contributed by atoms with Gasteiger partial charge in [0.15, 0.2) is 0 Å². The molecule has 1 atom stereocenters. The van der Waals surface area contributed by atoms with Gasteiger partial charge in [0.1, 0.15) is 31.2 Å². The van der Waals surface area contributed by atoms with Crippen LogP contribution in [0, 0.1) is 0 Å². The molecule has 2 aromatic rings. The second-order valence-corrected chi connectivity index (χ2v) is 8.71. The molecule has 2 heterocycles. The number of carbonyl (C=O) groups excluding carboxylic acids is 2. The predicted octanol–water partition coefficient (Wildman–Crippen LogP) is 0.789. The summed E-state index contributed by atoms with van der Waals surface area (Å²) in [5.41, 5.74) is 0.999. The maximum absolute atomic E-state index is 13.6. The number of quaternary nitrogens is 1. The molecule has 2 aliphatic heterocycles. The summed E-state index contributed by atoms with van der Waals surface area (Å²) in [7, 11) is 0. The van der Waals surface area contributed by atoms with E-state index in [0.29, 0.717) is 62.1 Å². The number of nitrogens with zero attached hydrogens (tertiary/aromatic N) is 1. The number of likely N-dealkylation sites (tertiary alicyclic amines) is 1. The summed E-state index contributed by atoms with van der Waals surface area (Å²) >= 11 is 0. The third kappa shape index (κ3) is 5.61. The van der Waals surface area contributed by atoms with Crippen molar-refractivity contribution < 1.29 is 33.8 Å². The molecule has 0 radical (unpaired) electrons. The van der Waals surface area contributed by atoms with Gasteiger partial charge < -0.3 is 29.1 Å². The number of ketones is 1. The summed E-state index contributed by atoms with van der Waals surface area (Å²) in [6, 6.07) is 13.0. The van der Waals surface area contributed by atoms with E-state index >= 15 is 0 Å². The number of morpholine rings is 1. The Labute approximate surface area is 211 Å². The Morgan fingerprint density at radius 3 is 2.36 bits per heavy atom. The van der Waals surface area contributed by atoms with Crippen molar-refractivity contribution in [2.24, 2.45) is 0 Å². The van der Waals surface area contributed by atoms with E-state index in [1.165, 1.54) is 9.80 Å². The van der Waals surface area contributed by atoms with Gasteiger partial charge in [-0.2, -0.15) is 0 Å². The van der Waals surface area contributed by atoms with Gasteiger partial charge in [0.25, 0.3) is 5.91 Å². The zero-order valence-corrected chi connectivity index (χ0v) is 20.5. The third-order valence-corrected chi connectivity index (χ3v) is 6.43. The van der Waals surface area contributed by atoms with Gasteiger partial charge >= 0.3 is 0 Å². The molecule has 4 rings (SSSR count). The highest BCUT2D eigenvalue weighted by Crippen LogP contribution is 2.39. The van der Waals surface area contributed by atoms with E-state index in [1.54, 1.807) is 42.5 Å². The van der Waals surface area contributed by atoms with Gasteiger partial charge in [0.2, 0.25) is 5.78 Å². The lowest BCUT2D eigenvalue weighted by Crippen LogP contribution is -3.14. The Morgan fingerprint density at radius 2 is 1.72 bits per heavy atom. The van der Waals surface area contributed by atoms with Crippen molar-refractivity contribution in [1.29, 1.82) is 0 Å². The molecule has 2 fully saturated rings. The first kappa shape index (κ1) is 25.5. The van der Waals surface area contributed by atoms with Crippen LogP contribution in [0.15, 0.2) is 66.8 Å². The number of benzene rings is 2.